The molecule has 2 N–H and O–H groups in total. The smallest absolute Gasteiger partial charge is 0.321 e. The topological polar surface area (TPSA) is 58.6 Å². The minimum absolute atomic E-state index is 0.304. The molecule has 0 saturated carbocycles. The number of hydrogen-bond donors (Lipinski definition) is 2. The molecule has 2 aliphatic heterocycles. The first-order valence-electron chi connectivity index (χ1n) is 6.35. The highest BCUT2D eigenvalue weighted by Crippen LogP contribution is 2.52. The molecule has 2 aliphatic rings. The Kier molecular flexibility index (Phi) is 2.80. The lowest BCUT2D eigenvalue weighted by Crippen LogP contribution is -2.51. The van der Waals surface area contributed by atoms with Crippen LogP contribution in [0.15, 0.2) is 24.3 Å². The van der Waals surface area contributed by atoms with Crippen molar-refractivity contribution in [2.75, 3.05) is 5.75 Å². The molecular formula is C14H17NO3S. The summed E-state index contributed by atoms with van der Waals surface area (Å²) in [5.74, 6) is 0.649. The molecule has 0 amide bonds. The number of carbonyl (C=O) groups is 1. The van der Waals surface area contributed by atoms with Crippen LogP contribution in [0, 0.1) is 0 Å². The third-order valence-electron chi connectivity index (χ3n) is 3.58. The number of aliphatic carboxylic acids is 1. The van der Waals surface area contributed by atoms with E-state index in [4.69, 9.17) is 4.74 Å². The van der Waals surface area contributed by atoms with Gasteiger partial charge in [-0.1, -0.05) is 18.2 Å². The van der Waals surface area contributed by atoms with E-state index in [1.807, 2.05) is 38.1 Å². The molecule has 5 heteroatoms. The lowest BCUT2D eigenvalue weighted by atomic mass is 9.88. The molecule has 1 saturated heterocycles. The van der Waals surface area contributed by atoms with E-state index in [0.29, 0.717) is 5.75 Å². The van der Waals surface area contributed by atoms with Crippen molar-refractivity contribution in [3.8, 4) is 5.75 Å². The molecule has 2 atom stereocenters. The maximum absolute atomic E-state index is 11.2. The lowest BCUT2D eigenvalue weighted by Gasteiger charge is -2.43. The Bertz CT molecular complexity index is 531. The van der Waals surface area contributed by atoms with Crippen molar-refractivity contribution in [3.05, 3.63) is 29.8 Å². The van der Waals surface area contributed by atoms with Crippen molar-refractivity contribution < 1.29 is 14.6 Å². The maximum Gasteiger partial charge on any atom is 0.321 e. The highest BCUT2D eigenvalue weighted by molar-refractivity contribution is 8.00. The molecule has 4 nitrogen and oxygen atoms in total. The summed E-state index contributed by atoms with van der Waals surface area (Å²) in [4.78, 5) is 10.8. The Morgan fingerprint density at radius 3 is 2.89 bits per heavy atom. The molecule has 2 heterocycles. The van der Waals surface area contributed by atoms with Crippen molar-refractivity contribution in [3.63, 3.8) is 0 Å². The Morgan fingerprint density at radius 1 is 1.47 bits per heavy atom. The molecule has 0 radical (unpaired) electrons. The molecule has 1 unspecified atom stereocenters. The molecule has 102 valence electrons. The second-order valence-electron chi connectivity index (χ2n) is 5.71. The minimum atomic E-state index is -0.786. The highest BCUT2D eigenvalue weighted by Gasteiger charge is 2.51. The molecule has 3 rings (SSSR count). The first-order chi connectivity index (χ1) is 8.92. The second-order valence-corrected chi connectivity index (χ2v) is 7.03. The number of para-hydroxylation sites is 1. The van der Waals surface area contributed by atoms with Gasteiger partial charge in [-0.2, -0.15) is 0 Å². The van der Waals surface area contributed by atoms with Crippen LogP contribution in [-0.4, -0.2) is 28.5 Å². The first kappa shape index (κ1) is 12.8. The third kappa shape index (κ3) is 2.11. The van der Waals surface area contributed by atoms with Crippen LogP contribution in [-0.2, 0) is 9.67 Å². The first-order valence-corrected chi connectivity index (χ1v) is 7.33. The van der Waals surface area contributed by atoms with Gasteiger partial charge >= 0.3 is 5.97 Å². The van der Waals surface area contributed by atoms with E-state index in [1.165, 1.54) is 0 Å². The standard InChI is InChI=1S/C14H17NO3S/c1-13(2)8-14(15-10(7-19-14)12(16)17)9-5-3-4-6-11(9)18-13/h3-6,10,15H,7-8H2,1-2H3,(H,16,17)/t10-,14?/m1/s1. The van der Waals surface area contributed by atoms with E-state index in [0.717, 1.165) is 17.7 Å². The summed E-state index contributed by atoms with van der Waals surface area (Å²) in [6.45, 7) is 4.09. The Morgan fingerprint density at radius 2 is 2.21 bits per heavy atom. The summed E-state index contributed by atoms with van der Waals surface area (Å²) in [5, 5.41) is 12.5. The zero-order valence-electron chi connectivity index (χ0n) is 11.0. The van der Waals surface area contributed by atoms with Crippen LogP contribution < -0.4 is 10.1 Å². The SMILES string of the molecule is CC1(C)CC2(N[C@@H](C(=O)O)CS2)c2ccccc2O1. The van der Waals surface area contributed by atoms with E-state index in [2.05, 4.69) is 5.32 Å². The number of benzene rings is 1. The average molecular weight is 279 g/mol. The van der Waals surface area contributed by atoms with E-state index < -0.39 is 12.0 Å². The predicted octanol–water partition coefficient (Wildman–Crippen LogP) is 2.19. The van der Waals surface area contributed by atoms with Crippen molar-refractivity contribution in [1.82, 2.24) is 5.32 Å². The van der Waals surface area contributed by atoms with E-state index in [-0.39, 0.29) is 10.5 Å². The Balaban J connectivity index is 2.04. The molecule has 0 bridgehead atoms. The van der Waals surface area contributed by atoms with Crippen molar-refractivity contribution in [2.24, 2.45) is 0 Å². The molecule has 1 aromatic carbocycles. The van der Waals surface area contributed by atoms with E-state index >= 15 is 0 Å². The zero-order chi connectivity index (χ0) is 13.7. The number of hydrogen-bond acceptors (Lipinski definition) is 4. The summed E-state index contributed by atoms with van der Waals surface area (Å²) >= 11 is 1.68. The number of rotatable bonds is 1. The van der Waals surface area contributed by atoms with Crippen LogP contribution >= 0.6 is 11.8 Å². The lowest BCUT2D eigenvalue weighted by molar-refractivity contribution is -0.139. The van der Waals surface area contributed by atoms with Crippen LogP contribution in [0.25, 0.3) is 0 Å². The molecular weight excluding hydrogens is 262 g/mol. The quantitative estimate of drug-likeness (QED) is 0.825. The Hall–Kier alpha value is -1.20. The molecule has 1 fully saturated rings. The van der Waals surface area contributed by atoms with Gasteiger partial charge in [-0.3, -0.25) is 10.1 Å². The number of nitrogens with one attached hydrogen (secondary N) is 1. The monoisotopic (exact) mass is 279 g/mol. The summed E-state index contributed by atoms with van der Waals surface area (Å²) in [5.41, 5.74) is 0.755. The fraction of sp³-hybridized carbons (Fsp3) is 0.500. The molecule has 1 aromatic rings. The maximum atomic E-state index is 11.2. The second kappa shape index (κ2) is 4.15. The van der Waals surface area contributed by atoms with Gasteiger partial charge in [-0.15, -0.1) is 11.8 Å². The van der Waals surface area contributed by atoms with Gasteiger partial charge in [0.15, 0.2) is 0 Å². The van der Waals surface area contributed by atoms with Crippen LogP contribution in [0.3, 0.4) is 0 Å². The fourth-order valence-corrected chi connectivity index (χ4v) is 4.58. The van der Waals surface area contributed by atoms with E-state index in [9.17, 15) is 9.90 Å². The van der Waals surface area contributed by atoms with Gasteiger partial charge in [0.25, 0.3) is 0 Å². The summed E-state index contributed by atoms with van der Waals surface area (Å²) in [7, 11) is 0. The number of carboxylic acids is 1. The van der Waals surface area contributed by atoms with Crippen molar-refractivity contribution in [1.29, 1.82) is 0 Å². The van der Waals surface area contributed by atoms with Gasteiger partial charge in [-0.25, -0.2) is 0 Å². The predicted molar refractivity (Wildman–Crippen MR) is 74.5 cm³/mol. The number of thioether (sulfide) groups is 1. The molecule has 19 heavy (non-hydrogen) atoms. The van der Waals surface area contributed by atoms with Gasteiger partial charge in [0, 0.05) is 17.7 Å². The van der Waals surface area contributed by atoms with Gasteiger partial charge in [-0.05, 0) is 19.9 Å². The van der Waals surface area contributed by atoms with Crippen LogP contribution in [0.4, 0.5) is 0 Å². The highest BCUT2D eigenvalue weighted by atomic mass is 32.2. The molecule has 1 spiro atoms. The molecule has 0 aliphatic carbocycles. The Labute approximate surface area is 116 Å². The van der Waals surface area contributed by atoms with Gasteiger partial charge in [0.2, 0.25) is 0 Å². The van der Waals surface area contributed by atoms with Crippen molar-refractivity contribution in [2.45, 2.75) is 36.8 Å². The largest absolute Gasteiger partial charge is 0.487 e. The van der Waals surface area contributed by atoms with Crippen LogP contribution in [0.2, 0.25) is 0 Å². The third-order valence-corrected chi connectivity index (χ3v) is 5.06. The minimum Gasteiger partial charge on any atom is -0.487 e. The average Bonchev–Trinajstić information content (AvgIpc) is 2.72. The number of carboxylic acid groups (broad SMARTS) is 1. The summed E-state index contributed by atoms with van der Waals surface area (Å²) < 4.78 is 6.00. The zero-order valence-corrected chi connectivity index (χ0v) is 11.8. The van der Waals surface area contributed by atoms with Gasteiger partial charge in [0.05, 0.1) is 4.87 Å². The molecule has 0 aromatic heterocycles. The summed E-state index contributed by atoms with van der Waals surface area (Å²) in [6.07, 6.45) is 0.755. The van der Waals surface area contributed by atoms with Crippen LogP contribution in [0.1, 0.15) is 25.8 Å². The fourth-order valence-electron chi connectivity index (χ4n) is 2.90. The van der Waals surface area contributed by atoms with Gasteiger partial charge in [0.1, 0.15) is 17.4 Å². The van der Waals surface area contributed by atoms with Crippen LogP contribution in [0.5, 0.6) is 5.75 Å². The summed E-state index contributed by atoms with van der Waals surface area (Å²) in [6, 6.07) is 7.40. The van der Waals surface area contributed by atoms with Crippen molar-refractivity contribution >= 4 is 17.7 Å². The van der Waals surface area contributed by atoms with E-state index in [1.54, 1.807) is 11.8 Å². The number of fused-ring (bicyclic) bond motifs is 2. The van der Waals surface area contributed by atoms with Gasteiger partial charge < -0.3 is 9.84 Å². The normalized spacial score (nSPS) is 31.8. The number of ether oxygens (including phenoxy) is 1.